The Morgan fingerprint density at radius 1 is 0.925 bits per heavy atom. The number of anilines is 2. The van der Waals surface area contributed by atoms with E-state index in [0.29, 0.717) is 54.9 Å². The summed E-state index contributed by atoms with van der Waals surface area (Å²) < 4.78 is 32.5. The maximum absolute atomic E-state index is 14.5. The van der Waals surface area contributed by atoms with Gasteiger partial charge in [-0.2, -0.15) is 0 Å². The zero-order valence-electron chi connectivity index (χ0n) is 22.6. The van der Waals surface area contributed by atoms with Gasteiger partial charge in [0.05, 0.1) is 18.8 Å². The molecule has 2 aliphatic heterocycles. The summed E-state index contributed by atoms with van der Waals surface area (Å²) in [6, 6.07) is 20.0. The molecule has 2 saturated heterocycles. The van der Waals surface area contributed by atoms with Crippen LogP contribution in [0, 0.1) is 5.82 Å². The van der Waals surface area contributed by atoms with Gasteiger partial charge in [-0.25, -0.2) is 4.39 Å². The van der Waals surface area contributed by atoms with E-state index >= 15 is 0 Å². The monoisotopic (exact) mass is 570 g/mol. The number of ether oxygens (including phenoxy) is 3. The summed E-state index contributed by atoms with van der Waals surface area (Å²) >= 11 is 6.10. The largest absolute Gasteiger partial charge is 0.494 e. The Balaban J connectivity index is 1.18. The summed E-state index contributed by atoms with van der Waals surface area (Å²) in [7, 11) is 0. The zero-order chi connectivity index (χ0) is 28.1. The fourth-order valence-electron chi connectivity index (χ4n) is 5.59. The Bertz CT molecular complexity index is 1250. The van der Waals surface area contributed by atoms with Crippen molar-refractivity contribution in [1.82, 2.24) is 0 Å². The van der Waals surface area contributed by atoms with Gasteiger partial charge in [-0.1, -0.05) is 17.7 Å². The van der Waals surface area contributed by atoms with Crippen LogP contribution >= 0.6 is 11.6 Å². The van der Waals surface area contributed by atoms with Crippen LogP contribution in [-0.4, -0.2) is 61.0 Å². The molecule has 214 valence electrons. The molecule has 0 spiro atoms. The lowest BCUT2D eigenvalue weighted by molar-refractivity contribution is -0.0493. The minimum absolute atomic E-state index is 0.0415. The minimum atomic E-state index is -1.40. The van der Waals surface area contributed by atoms with Crippen molar-refractivity contribution in [2.75, 3.05) is 36.0 Å². The number of piperidine rings is 1. The number of aliphatic hydroxyl groups excluding tert-OH is 1. The predicted octanol–water partition coefficient (Wildman–Crippen LogP) is 5.65. The Kier molecular flexibility index (Phi) is 9.19. The van der Waals surface area contributed by atoms with E-state index in [4.69, 9.17) is 25.8 Å². The van der Waals surface area contributed by atoms with E-state index in [9.17, 15) is 14.6 Å². The molecule has 0 radical (unpaired) electrons. The highest BCUT2D eigenvalue weighted by molar-refractivity contribution is 6.30. The van der Waals surface area contributed by atoms with Crippen LogP contribution in [0.3, 0.4) is 0 Å². The first-order valence-corrected chi connectivity index (χ1v) is 14.2. The van der Waals surface area contributed by atoms with E-state index in [2.05, 4.69) is 4.90 Å². The van der Waals surface area contributed by atoms with Gasteiger partial charge in [0.25, 0.3) is 0 Å². The van der Waals surface area contributed by atoms with Crippen molar-refractivity contribution in [3.05, 3.63) is 77.6 Å². The molecule has 0 aliphatic carbocycles. The van der Waals surface area contributed by atoms with Crippen LogP contribution in [0.25, 0.3) is 0 Å². The second-order valence-electron chi connectivity index (χ2n) is 10.3. The van der Waals surface area contributed by atoms with Gasteiger partial charge >= 0.3 is 0 Å². The van der Waals surface area contributed by atoms with Crippen LogP contribution < -0.4 is 24.0 Å². The molecule has 0 aromatic heterocycles. The number of nitrogens with zero attached hydrogens (tertiary/aromatic N) is 2. The number of benzene rings is 3. The maximum atomic E-state index is 14.5. The lowest BCUT2D eigenvalue weighted by Gasteiger charge is -2.34. The average Bonchev–Trinajstić information content (AvgIpc) is 3.32. The van der Waals surface area contributed by atoms with Crippen molar-refractivity contribution in [3.63, 3.8) is 0 Å². The molecule has 3 aromatic rings. The molecular weight excluding hydrogens is 535 g/mol. The molecule has 0 unspecified atom stereocenters. The van der Waals surface area contributed by atoms with Crippen molar-refractivity contribution in [2.24, 2.45) is 0 Å². The van der Waals surface area contributed by atoms with E-state index in [1.54, 1.807) is 24.3 Å². The topological polar surface area (TPSA) is 74.6 Å². The molecule has 2 atom stereocenters. The van der Waals surface area contributed by atoms with E-state index in [1.165, 1.54) is 6.07 Å². The summed E-state index contributed by atoms with van der Waals surface area (Å²) in [5, 5.41) is 20.0. The Hall–Kier alpha value is -3.20. The molecule has 2 aliphatic rings. The Morgan fingerprint density at radius 2 is 1.65 bits per heavy atom. The Labute approximate surface area is 239 Å². The van der Waals surface area contributed by atoms with Gasteiger partial charge in [0.15, 0.2) is 6.29 Å². The summed E-state index contributed by atoms with van der Waals surface area (Å²) in [6.07, 6.45) is 0.981. The zero-order valence-corrected chi connectivity index (χ0v) is 23.3. The quantitative estimate of drug-likeness (QED) is 0.305. The smallest absolute Gasteiger partial charge is 0.153 e. The highest BCUT2D eigenvalue weighted by Crippen LogP contribution is 2.33. The summed E-state index contributed by atoms with van der Waals surface area (Å²) in [5.74, 6) is 1.90. The molecule has 2 heterocycles. The summed E-state index contributed by atoms with van der Waals surface area (Å²) in [4.78, 5) is 4.20. The fourth-order valence-corrected chi connectivity index (χ4v) is 5.77. The van der Waals surface area contributed by atoms with Gasteiger partial charge in [-0.3, -0.25) is 0 Å². The number of hydrogen-bond donors (Lipinski definition) is 2. The second-order valence-corrected chi connectivity index (χ2v) is 10.7. The van der Waals surface area contributed by atoms with Crippen LogP contribution in [0.4, 0.5) is 15.8 Å². The van der Waals surface area contributed by atoms with Crippen molar-refractivity contribution >= 4 is 23.0 Å². The lowest BCUT2D eigenvalue weighted by atomic mass is 10.1. The van der Waals surface area contributed by atoms with Gasteiger partial charge in [-0.05, 0) is 61.5 Å². The van der Waals surface area contributed by atoms with Crippen LogP contribution in [-0.2, 0) is 0 Å². The number of rotatable bonds is 10. The third-order valence-electron chi connectivity index (χ3n) is 7.44. The van der Waals surface area contributed by atoms with Gasteiger partial charge in [0.2, 0.25) is 0 Å². The summed E-state index contributed by atoms with van der Waals surface area (Å²) in [5.41, 5.74) is 1.54. The van der Waals surface area contributed by atoms with Crippen LogP contribution in [0.15, 0.2) is 66.7 Å². The van der Waals surface area contributed by atoms with E-state index in [0.717, 1.165) is 24.3 Å². The molecule has 7 nitrogen and oxygen atoms in total. The first kappa shape index (κ1) is 28.3. The highest BCUT2D eigenvalue weighted by Gasteiger charge is 2.35. The van der Waals surface area contributed by atoms with Crippen molar-refractivity contribution < 1.29 is 28.8 Å². The lowest BCUT2D eigenvalue weighted by Crippen LogP contribution is -2.38. The second kappa shape index (κ2) is 13.0. The molecule has 40 heavy (non-hydrogen) atoms. The van der Waals surface area contributed by atoms with E-state index < -0.39 is 6.29 Å². The molecule has 3 aromatic carbocycles. The molecule has 9 heteroatoms. The average molecular weight is 571 g/mol. The van der Waals surface area contributed by atoms with Crippen molar-refractivity contribution in [3.8, 4) is 17.2 Å². The number of aliphatic hydroxyl groups is 2. The fraction of sp³-hybridized carbons (Fsp3) is 0.419. The Morgan fingerprint density at radius 3 is 2.35 bits per heavy atom. The van der Waals surface area contributed by atoms with Crippen molar-refractivity contribution in [2.45, 2.75) is 57.1 Å². The van der Waals surface area contributed by atoms with Gasteiger partial charge in [-0.15, -0.1) is 0 Å². The maximum Gasteiger partial charge on any atom is 0.153 e. The molecular formula is C31H36ClFN2O5. The standard InChI is InChI=1S/C31H36ClFN2O5/c1-2-38-26-10-11-29(33)30(19-26)34-14-12-25(13-15-34)39-24-8-6-22(7-9-24)35-20-28(17-23(35)18-31(36)37)40-27-5-3-4-21(32)16-27/h3-11,16,19,23,25,28,31,36-37H,2,12-15,17-18,20H2,1H3/t23-,28-/m1/s1. The first-order chi connectivity index (χ1) is 19.4. The minimum Gasteiger partial charge on any atom is -0.494 e. The summed E-state index contributed by atoms with van der Waals surface area (Å²) in [6.45, 7) is 4.46. The van der Waals surface area contributed by atoms with Crippen molar-refractivity contribution in [1.29, 1.82) is 0 Å². The molecule has 0 amide bonds. The molecule has 2 N–H and O–H groups in total. The van der Waals surface area contributed by atoms with E-state index in [-0.39, 0.29) is 30.5 Å². The van der Waals surface area contributed by atoms with E-state index in [1.807, 2.05) is 48.2 Å². The molecule has 5 rings (SSSR count). The van der Waals surface area contributed by atoms with Gasteiger partial charge < -0.3 is 34.2 Å². The van der Waals surface area contributed by atoms with Gasteiger partial charge in [0, 0.05) is 61.6 Å². The molecule has 0 saturated carbocycles. The SMILES string of the molecule is CCOc1ccc(F)c(N2CCC(Oc3ccc(N4C[C@H](Oc5cccc(Cl)c5)C[C@@H]4CC(O)O)cc3)CC2)c1. The first-order valence-electron chi connectivity index (χ1n) is 13.9. The molecule has 2 fully saturated rings. The third-order valence-corrected chi connectivity index (χ3v) is 7.68. The highest BCUT2D eigenvalue weighted by atomic mass is 35.5. The predicted molar refractivity (Wildman–Crippen MR) is 154 cm³/mol. The van der Waals surface area contributed by atoms with Crippen LogP contribution in [0.2, 0.25) is 5.02 Å². The van der Waals surface area contributed by atoms with Crippen LogP contribution in [0.5, 0.6) is 17.2 Å². The number of halogens is 2. The number of hydrogen-bond acceptors (Lipinski definition) is 7. The van der Waals surface area contributed by atoms with Crippen LogP contribution in [0.1, 0.15) is 32.6 Å². The van der Waals surface area contributed by atoms with Gasteiger partial charge in [0.1, 0.15) is 35.3 Å². The molecule has 0 bridgehead atoms. The third kappa shape index (κ3) is 7.11. The normalized spacial score (nSPS) is 19.8.